The summed E-state index contributed by atoms with van der Waals surface area (Å²) in [6.07, 6.45) is 2.26. The lowest BCUT2D eigenvalue weighted by Crippen LogP contribution is -2.28. The maximum atomic E-state index is 14.3. The molecule has 2 N–H and O–H groups in total. The largest absolute Gasteiger partial charge is 0.485 e. The molecule has 0 aliphatic rings. The van der Waals surface area contributed by atoms with Crippen molar-refractivity contribution in [3.05, 3.63) is 56.8 Å². The van der Waals surface area contributed by atoms with Gasteiger partial charge in [0, 0.05) is 18.6 Å². The normalized spacial score (nSPS) is 11.0. The molecule has 3 rings (SSSR count). The summed E-state index contributed by atoms with van der Waals surface area (Å²) in [5, 5.41) is 17.2. The highest BCUT2D eigenvalue weighted by molar-refractivity contribution is 9.10. The number of carbonyl (C=O) groups excluding carboxylic acids is 1. The zero-order valence-electron chi connectivity index (χ0n) is 19.0. The number of nitro benzene ring substituents is 1. The Morgan fingerprint density at radius 1 is 1.23 bits per heavy atom. The zero-order chi connectivity index (χ0) is 25.5. The first-order valence-electron chi connectivity index (χ1n) is 10.5. The molecule has 0 aliphatic carbocycles. The van der Waals surface area contributed by atoms with Crippen LogP contribution in [0.5, 0.6) is 5.75 Å². The Bertz CT molecular complexity index is 1240. The molecular weight excluding hydrogens is 530 g/mol. The van der Waals surface area contributed by atoms with Crippen LogP contribution < -0.4 is 15.4 Å². The molecule has 1 amide bonds. The number of amides is 1. The number of hydrogen-bond acceptors (Lipinski definition) is 8. The molecule has 0 saturated heterocycles. The van der Waals surface area contributed by atoms with Crippen LogP contribution in [0.3, 0.4) is 0 Å². The van der Waals surface area contributed by atoms with Crippen LogP contribution in [-0.2, 0) is 4.79 Å². The summed E-state index contributed by atoms with van der Waals surface area (Å²) >= 11 is 2.91. The van der Waals surface area contributed by atoms with Gasteiger partial charge in [0.05, 0.1) is 32.5 Å². The Morgan fingerprint density at radius 3 is 2.71 bits per heavy atom. The number of ether oxygens (including phenoxy) is 1. The van der Waals surface area contributed by atoms with E-state index in [1.54, 1.807) is 0 Å². The fourth-order valence-corrected chi connectivity index (χ4v) is 3.48. The highest BCUT2D eigenvalue weighted by atomic mass is 79.9. The summed E-state index contributed by atoms with van der Waals surface area (Å²) in [5.74, 6) is -2.35. The topological polar surface area (TPSA) is 123 Å². The third kappa shape index (κ3) is 6.79. The van der Waals surface area contributed by atoms with E-state index in [9.17, 15) is 23.7 Å². The molecule has 35 heavy (non-hydrogen) atoms. The fourth-order valence-electron chi connectivity index (χ4n) is 3.18. The van der Waals surface area contributed by atoms with Crippen molar-refractivity contribution in [2.75, 3.05) is 39.1 Å². The van der Waals surface area contributed by atoms with Crippen LogP contribution in [0.15, 0.2) is 35.1 Å². The predicted molar refractivity (Wildman–Crippen MR) is 130 cm³/mol. The number of carbonyl (C=O) groups is 1. The molecule has 0 atom stereocenters. The highest BCUT2D eigenvalue weighted by Crippen LogP contribution is 2.35. The van der Waals surface area contributed by atoms with Gasteiger partial charge in [-0.25, -0.2) is 18.7 Å². The van der Waals surface area contributed by atoms with E-state index in [4.69, 9.17) is 4.74 Å². The Labute approximate surface area is 208 Å². The molecule has 13 heteroatoms. The van der Waals surface area contributed by atoms with Crippen LogP contribution in [0.1, 0.15) is 12.8 Å². The van der Waals surface area contributed by atoms with Crippen molar-refractivity contribution in [2.24, 2.45) is 0 Å². The minimum absolute atomic E-state index is 0.00530. The third-order valence-corrected chi connectivity index (χ3v) is 5.50. The van der Waals surface area contributed by atoms with Gasteiger partial charge in [-0.3, -0.25) is 14.9 Å². The van der Waals surface area contributed by atoms with E-state index >= 15 is 0 Å². The Kier molecular flexibility index (Phi) is 8.82. The van der Waals surface area contributed by atoms with Crippen molar-refractivity contribution in [2.45, 2.75) is 12.8 Å². The van der Waals surface area contributed by atoms with Crippen molar-refractivity contribution >= 4 is 49.9 Å². The van der Waals surface area contributed by atoms with Crippen molar-refractivity contribution in [3.8, 4) is 5.75 Å². The molecule has 10 nitrogen and oxygen atoms in total. The lowest BCUT2D eigenvalue weighted by Gasteiger charge is -2.12. The van der Waals surface area contributed by atoms with Crippen molar-refractivity contribution in [3.63, 3.8) is 0 Å². The third-order valence-electron chi connectivity index (χ3n) is 4.89. The minimum atomic E-state index is -1.13. The Morgan fingerprint density at radius 2 is 2.00 bits per heavy atom. The van der Waals surface area contributed by atoms with E-state index in [1.165, 1.54) is 30.6 Å². The number of rotatable bonds is 11. The second-order valence-corrected chi connectivity index (χ2v) is 8.62. The second kappa shape index (κ2) is 11.8. The lowest BCUT2D eigenvalue weighted by atomic mass is 10.2. The van der Waals surface area contributed by atoms with E-state index < -0.39 is 16.6 Å². The summed E-state index contributed by atoms with van der Waals surface area (Å²) in [5.41, 5.74) is -0.279. The van der Waals surface area contributed by atoms with E-state index in [0.717, 1.165) is 6.54 Å². The van der Waals surface area contributed by atoms with Gasteiger partial charge in [-0.05, 0) is 55.1 Å². The smallest absolute Gasteiger partial charge is 0.311 e. The van der Waals surface area contributed by atoms with Crippen LogP contribution in [0.4, 0.5) is 26.0 Å². The van der Waals surface area contributed by atoms with E-state index in [0.29, 0.717) is 12.8 Å². The molecule has 1 heterocycles. The van der Waals surface area contributed by atoms with Gasteiger partial charge < -0.3 is 20.3 Å². The summed E-state index contributed by atoms with van der Waals surface area (Å²) in [6, 6.07) is 5.17. The standard InChI is InChI=1S/C22H23BrF2N6O4/c1-30(2)8-3-4-19(32)26-7-9-35-18-11-16-13(10-17(18)31(33)34)22(28-12-27-16)29-15-6-5-14(23)20(24)21(15)25/h5-6,10-12H,3-4,7-9H2,1-2H3,(H,26,32)(H,27,28,29). The number of nitrogens with one attached hydrogen (secondary N) is 2. The van der Waals surface area contributed by atoms with Gasteiger partial charge in [0.15, 0.2) is 17.4 Å². The Hall–Kier alpha value is -3.45. The summed E-state index contributed by atoms with van der Waals surface area (Å²) < 4.78 is 33.7. The molecule has 0 spiro atoms. The van der Waals surface area contributed by atoms with Crippen molar-refractivity contribution in [1.82, 2.24) is 20.2 Å². The molecule has 0 unspecified atom stereocenters. The molecular formula is C22H23BrF2N6O4. The van der Waals surface area contributed by atoms with Gasteiger partial charge >= 0.3 is 5.69 Å². The molecule has 2 aromatic carbocycles. The van der Waals surface area contributed by atoms with Crippen LogP contribution in [0.25, 0.3) is 10.9 Å². The number of aromatic nitrogens is 2. The number of halogens is 3. The number of nitrogens with zero attached hydrogens (tertiary/aromatic N) is 4. The quantitative estimate of drug-likeness (QED) is 0.157. The van der Waals surface area contributed by atoms with E-state index in [-0.39, 0.29) is 57.4 Å². The van der Waals surface area contributed by atoms with Gasteiger partial charge in [-0.1, -0.05) is 0 Å². The lowest BCUT2D eigenvalue weighted by molar-refractivity contribution is -0.385. The molecule has 0 aliphatic heterocycles. The van der Waals surface area contributed by atoms with E-state index in [1.807, 2.05) is 19.0 Å². The van der Waals surface area contributed by atoms with E-state index in [2.05, 4.69) is 36.5 Å². The number of hydrogen-bond donors (Lipinski definition) is 2. The average Bonchev–Trinajstić information content (AvgIpc) is 2.81. The molecule has 0 bridgehead atoms. The number of anilines is 2. The molecule has 186 valence electrons. The SMILES string of the molecule is CN(C)CCCC(=O)NCCOc1cc2ncnc(Nc3ccc(Br)c(F)c3F)c2cc1[N+](=O)[O-]. The Balaban J connectivity index is 1.75. The highest BCUT2D eigenvalue weighted by Gasteiger charge is 2.20. The fraction of sp³-hybridized carbons (Fsp3) is 0.318. The van der Waals surface area contributed by atoms with Crippen LogP contribution in [-0.4, -0.2) is 59.5 Å². The van der Waals surface area contributed by atoms with Crippen LogP contribution in [0.2, 0.25) is 0 Å². The summed E-state index contributed by atoms with van der Waals surface area (Å²) in [4.78, 5) is 33.0. The predicted octanol–water partition coefficient (Wildman–Crippen LogP) is 4.16. The summed E-state index contributed by atoms with van der Waals surface area (Å²) in [6.45, 7) is 0.960. The first-order valence-corrected chi connectivity index (χ1v) is 11.3. The molecule has 0 radical (unpaired) electrons. The molecule has 0 saturated carbocycles. The van der Waals surface area contributed by atoms with Crippen molar-refractivity contribution < 1.29 is 23.2 Å². The van der Waals surface area contributed by atoms with Crippen molar-refractivity contribution in [1.29, 1.82) is 0 Å². The van der Waals surface area contributed by atoms with Gasteiger partial charge in [-0.2, -0.15) is 0 Å². The molecule has 0 fully saturated rings. The monoisotopic (exact) mass is 552 g/mol. The van der Waals surface area contributed by atoms with Crippen LogP contribution in [0, 0.1) is 21.7 Å². The summed E-state index contributed by atoms with van der Waals surface area (Å²) in [7, 11) is 3.84. The number of nitro groups is 1. The van der Waals surface area contributed by atoms with Gasteiger partial charge in [0.1, 0.15) is 18.8 Å². The first-order chi connectivity index (χ1) is 16.7. The maximum Gasteiger partial charge on any atom is 0.311 e. The average molecular weight is 553 g/mol. The first kappa shape index (κ1) is 26.2. The zero-order valence-corrected chi connectivity index (χ0v) is 20.6. The number of fused-ring (bicyclic) bond motifs is 1. The second-order valence-electron chi connectivity index (χ2n) is 7.77. The molecule has 1 aromatic heterocycles. The van der Waals surface area contributed by atoms with Gasteiger partial charge in [0.25, 0.3) is 0 Å². The van der Waals surface area contributed by atoms with Gasteiger partial charge in [-0.15, -0.1) is 0 Å². The minimum Gasteiger partial charge on any atom is -0.485 e. The van der Waals surface area contributed by atoms with Crippen LogP contribution >= 0.6 is 15.9 Å². The molecule has 3 aromatic rings. The van der Waals surface area contributed by atoms with Gasteiger partial charge in [0.2, 0.25) is 5.91 Å². The number of benzene rings is 2. The maximum absolute atomic E-state index is 14.3.